The third-order valence-corrected chi connectivity index (χ3v) is 3.18. The fraction of sp³-hybridized carbons (Fsp3) is 0.600. The minimum absolute atomic E-state index is 0.273. The molecule has 1 aromatic rings. The highest BCUT2D eigenvalue weighted by Gasteiger charge is 2.36. The maximum absolute atomic E-state index is 12.3. The van der Waals surface area contributed by atoms with Gasteiger partial charge in [-0.15, -0.1) is 0 Å². The Morgan fingerprint density at radius 3 is 2.95 bits per heavy atom. The van der Waals surface area contributed by atoms with Crippen molar-refractivity contribution in [3.05, 3.63) is 30.1 Å². The van der Waals surface area contributed by atoms with Gasteiger partial charge < -0.3 is 14.6 Å². The van der Waals surface area contributed by atoms with Crippen LogP contribution in [0.2, 0.25) is 0 Å². The molecular weight excluding hydrogens is 272 g/mol. The van der Waals surface area contributed by atoms with E-state index in [1.807, 2.05) is 20.8 Å². The molecule has 2 atom stereocenters. The summed E-state index contributed by atoms with van der Waals surface area (Å²) >= 11 is 0. The van der Waals surface area contributed by atoms with E-state index < -0.39 is 23.8 Å². The molecule has 0 spiro atoms. The lowest BCUT2D eigenvalue weighted by Gasteiger charge is -2.38. The largest absolute Gasteiger partial charge is 0.444 e. The maximum atomic E-state index is 12.3. The third-order valence-electron chi connectivity index (χ3n) is 3.18. The van der Waals surface area contributed by atoms with Crippen molar-refractivity contribution in [2.75, 3.05) is 19.8 Å². The van der Waals surface area contributed by atoms with Crippen LogP contribution in [0.4, 0.5) is 4.79 Å². The third kappa shape index (κ3) is 4.15. The molecule has 1 fully saturated rings. The quantitative estimate of drug-likeness (QED) is 0.899. The molecule has 1 aliphatic rings. The van der Waals surface area contributed by atoms with E-state index in [-0.39, 0.29) is 6.61 Å². The molecule has 0 saturated carbocycles. The molecule has 6 heteroatoms. The second-order valence-electron chi connectivity index (χ2n) is 6.05. The van der Waals surface area contributed by atoms with Crippen LogP contribution in [-0.4, -0.2) is 52.5 Å². The minimum Gasteiger partial charge on any atom is -0.444 e. The molecule has 2 rings (SSSR count). The molecule has 2 unspecified atom stereocenters. The first-order valence-electron chi connectivity index (χ1n) is 7.04. The number of carbonyl (C=O) groups excluding carboxylic acids is 1. The predicted octanol–water partition coefficient (Wildman–Crippen LogP) is 1.75. The van der Waals surface area contributed by atoms with Crippen molar-refractivity contribution in [3.8, 4) is 0 Å². The highest BCUT2D eigenvalue weighted by Crippen LogP contribution is 2.24. The molecule has 2 heterocycles. The Bertz CT molecular complexity index is 472. The fourth-order valence-electron chi connectivity index (χ4n) is 2.20. The average Bonchev–Trinajstić information content (AvgIpc) is 2.45. The predicted molar refractivity (Wildman–Crippen MR) is 76.7 cm³/mol. The highest BCUT2D eigenvalue weighted by molar-refractivity contribution is 5.68. The summed E-state index contributed by atoms with van der Waals surface area (Å²) in [5.74, 6) is 0. The first kappa shape index (κ1) is 15.7. The number of hydrogen-bond donors (Lipinski definition) is 1. The Morgan fingerprint density at radius 2 is 2.33 bits per heavy atom. The summed E-state index contributed by atoms with van der Waals surface area (Å²) in [6.07, 6.45) is 1.94. The number of amides is 1. The number of aliphatic hydroxyl groups is 1. The van der Waals surface area contributed by atoms with E-state index in [9.17, 15) is 9.90 Å². The molecule has 21 heavy (non-hydrogen) atoms. The van der Waals surface area contributed by atoms with Crippen LogP contribution in [0.5, 0.6) is 0 Å². The maximum Gasteiger partial charge on any atom is 0.410 e. The van der Waals surface area contributed by atoms with Crippen LogP contribution in [0.3, 0.4) is 0 Å². The highest BCUT2D eigenvalue weighted by atomic mass is 16.6. The van der Waals surface area contributed by atoms with E-state index in [2.05, 4.69) is 4.98 Å². The molecule has 1 amide bonds. The van der Waals surface area contributed by atoms with Crippen LogP contribution in [0, 0.1) is 0 Å². The molecule has 0 aromatic carbocycles. The molecule has 6 nitrogen and oxygen atoms in total. The van der Waals surface area contributed by atoms with Gasteiger partial charge in [-0.25, -0.2) is 4.79 Å². The Hall–Kier alpha value is -1.66. The molecule has 1 aromatic heterocycles. The lowest BCUT2D eigenvalue weighted by Crippen LogP contribution is -2.52. The molecule has 0 aliphatic carbocycles. The van der Waals surface area contributed by atoms with Crippen molar-refractivity contribution in [2.24, 2.45) is 0 Å². The number of aromatic nitrogens is 1. The molecule has 1 N–H and O–H groups in total. The van der Waals surface area contributed by atoms with Crippen LogP contribution in [0.25, 0.3) is 0 Å². The fourth-order valence-corrected chi connectivity index (χ4v) is 2.20. The van der Waals surface area contributed by atoms with Crippen LogP contribution >= 0.6 is 0 Å². The number of ether oxygens (including phenoxy) is 2. The molecule has 116 valence electrons. The summed E-state index contributed by atoms with van der Waals surface area (Å²) in [7, 11) is 0. The van der Waals surface area contributed by atoms with Crippen molar-refractivity contribution < 1.29 is 19.4 Å². The molecule has 1 saturated heterocycles. The second kappa shape index (κ2) is 6.41. The van der Waals surface area contributed by atoms with Gasteiger partial charge in [-0.3, -0.25) is 9.88 Å². The topological polar surface area (TPSA) is 71.9 Å². The zero-order chi connectivity index (χ0) is 15.5. The van der Waals surface area contributed by atoms with Gasteiger partial charge in [-0.1, -0.05) is 6.07 Å². The van der Waals surface area contributed by atoms with E-state index in [1.54, 1.807) is 24.5 Å². The van der Waals surface area contributed by atoms with E-state index in [0.29, 0.717) is 18.7 Å². The molecular formula is C15H22N2O4. The Morgan fingerprint density at radius 1 is 1.57 bits per heavy atom. The van der Waals surface area contributed by atoms with Crippen molar-refractivity contribution in [1.29, 1.82) is 0 Å². The van der Waals surface area contributed by atoms with Crippen molar-refractivity contribution in [3.63, 3.8) is 0 Å². The summed E-state index contributed by atoms with van der Waals surface area (Å²) in [4.78, 5) is 17.8. The zero-order valence-electron chi connectivity index (χ0n) is 12.7. The molecule has 0 bridgehead atoms. The van der Waals surface area contributed by atoms with Gasteiger partial charge in [-0.05, 0) is 26.8 Å². The van der Waals surface area contributed by atoms with Gasteiger partial charge in [0.15, 0.2) is 0 Å². The number of hydrogen-bond acceptors (Lipinski definition) is 5. The smallest absolute Gasteiger partial charge is 0.410 e. The number of rotatable bonds is 2. The van der Waals surface area contributed by atoms with Crippen LogP contribution in [-0.2, 0) is 9.47 Å². The van der Waals surface area contributed by atoms with E-state index in [0.717, 1.165) is 0 Å². The van der Waals surface area contributed by atoms with Gasteiger partial charge in [0.2, 0.25) is 0 Å². The summed E-state index contributed by atoms with van der Waals surface area (Å²) in [6.45, 7) is 6.56. The Balaban J connectivity index is 2.13. The van der Waals surface area contributed by atoms with Gasteiger partial charge in [0.1, 0.15) is 11.7 Å². The number of nitrogens with zero attached hydrogens (tertiary/aromatic N) is 2. The summed E-state index contributed by atoms with van der Waals surface area (Å²) in [6, 6.07) is 3.05. The van der Waals surface area contributed by atoms with Crippen molar-refractivity contribution in [2.45, 2.75) is 38.5 Å². The van der Waals surface area contributed by atoms with Gasteiger partial charge >= 0.3 is 6.09 Å². The van der Waals surface area contributed by atoms with Gasteiger partial charge in [0.05, 0.1) is 19.3 Å². The SMILES string of the molecule is CC(C)(C)OC(=O)N1CCOCC1C(O)c1cccnc1. The minimum atomic E-state index is -0.855. The van der Waals surface area contributed by atoms with Crippen LogP contribution in [0.15, 0.2) is 24.5 Å². The first-order chi connectivity index (χ1) is 9.88. The standard InChI is InChI=1S/C15H22N2O4/c1-15(2,3)21-14(19)17-7-8-20-10-12(17)13(18)11-5-4-6-16-9-11/h4-6,9,12-13,18H,7-8,10H2,1-3H3. The van der Waals surface area contributed by atoms with Gasteiger partial charge in [-0.2, -0.15) is 0 Å². The summed E-state index contributed by atoms with van der Waals surface area (Å²) in [5.41, 5.74) is 0.0840. The normalized spacial score (nSPS) is 21.0. The van der Waals surface area contributed by atoms with Crippen LogP contribution < -0.4 is 0 Å². The number of pyridine rings is 1. The second-order valence-corrected chi connectivity index (χ2v) is 6.05. The summed E-state index contributed by atoms with van der Waals surface area (Å²) in [5, 5.41) is 10.5. The number of morpholine rings is 1. The summed E-state index contributed by atoms with van der Waals surface area (Å²) < 4.78 is 10.8. The van der Waals surface area contributed by atoms with E-state index >= 15 is 0 Å². The Labute approximate surface area is 124 Å². The zero-order valence-corrected chi connectivity index (χ0v) is 12.7. The molecule has 1 aliphatic heterocycles. The lowest BCUT2D eigenvalue weighted by atomic mass is 10.0. The van der Waals surface area contributed by atoms with Crippen molar-refractivity contribution >= 4 is 6.09 Å². The first-order valence-corrected chi connectivity index (χ1v) is 7.04. The average molecular weight is 294 g/mol. The van der Waals surface area contributed by atoms with Gasteiger partial charge in [0.25, 0.3) is 0 Å². The van der Waals surface area contributed by atoms with E-state index in [1.165, 1.54) is 4.90 Å². The van der Waals surface area contributed by atoms with Gasteiger partial charge in [0, 0.05) is 24.5 Å². The monoisotopic (exact) mass is 294 g/mol. The molecule has 0 radical (unpaired) electrons. The van der Waals surface area contributed by atoms with Crippen LogP contribution in [0.1, 0.15) is 32.4 Å². The van der Waals surface area contributed by atoms with E-state index in [4.69, 9.17) is 9.47 Å². The lowest BCUT2D eigenvalue weighted by molar-refractivity contribution is -0.0673. The number of carbonyl (C=O) groups is 1. The number of aliphatic hydroxyl groups excluding tert-OH is 1. The van der Waals surface area contributed by atoms with Crippen molar-refractivity contribution in [1.82, 2.24) is 9.88 Å². The Kier molecular flexibility index (Phi) is 4.80.